The van der Waals surface area contributed by atoms with Gasteiger partial charge in [0.15, 0.2) is 17.6 Å². The lowest BCUT2D eigenvalue weighted by molar-refractivity contribution is -0.122. The summed E-state index contributed by atoms with van der Waals surface area (Å²) in [6, 6.07) is 12.1. The number of carbonyl (C=O) groups excluding carboxylic acids is 1. The van der Waals surface area contributed by atoms with Crippen LogP contribution in [0.2, 0.25) is 5.02 Å². The fourth-order valence-corrected chi connectivity index (χ4v) is 2.26. The van der Waals surface area contributed by atoms with Gasteiger partial charge in [-0.3, -0.25) is 4.79 Å². The molecule has 1 unspecified atom stereocenters. The van der Waals surface area contributed by atoms with Gasteiger partial charge >= 0.3 is 0 Å². The standard InChI is InChI=1S/C17H16ClNO4/c1-11(23-14-5-2-12(18)3-6-14)17(20)19-13-4-7-15-16(10-13)22-9-8-21-15/h2-7,10-11H,8-9H2,1H3,(H,19,20). The van der Waals surface area contributed by atoms with Crippen LogP contribution in [-0.2, 0) is 4.79 Å². The molecule has 23 heavy (non-hydrogen) atoms. The zero-order valence-corrected chi connectivity index (χ0v) is 13.3. The molecule has 1 atom stereocenters. The van der Waals surface area contributed by atoms with Crippen LogP contribution < -0.4 is 19.5 Å². The number of carbonyl (C=O) groups is 1. The summed E-state index contributed by atoms with van der Waals surface area (Å²) >= 11 is 5.82. The Kier molecular flexibility index (Phi) is 4.57. The number of anilines is 1. The summed E-state index contributed by atoms with van der Waals surface area (Å²) < 4.78 is 16.5. The highest BCUT2D eigenvalue weighted by molar-refractivity contribution is 6.30. The molecular formula is C17H16ClNO4. The Morgan fingerprint density at radius 3 is 2.57 bits per heavy atom. The van der Waals surface area contributed by atoms with Crippen molar-refractivity contribution in [1.29, 1.82) is 0 Å². The molecule has 0 saturated heterocycles. The molecule has 6 heteroatoms. The van der Waals surface area contributed by atoms with Crippen LogP contribution in [0.25, 0.3) is 0 Å². The van der Waals surface area contributed by atoms with Gasteiger partial charge in [0.05, 0.1) is 0 Å². The number of ether oxygens (including phenoxy) is 3. The minimum atomic E-state index is -0.649. The van der Waals surface area contributed by atoms with Crippen LogP contribution in [0.3, 0.4) is 0 Å². The predicted molar refractivity (Wildman–Crippen MR) is 87.6 cm³/mol. The SMILES string of the molecule is CC(Oc1ccc(Cl)cc1)C(=O)Nc1ccc2c(c1)OCCO2. The molecule has 120 valence electrons. The highest BCUT2D eigenvalue weighted by Gasteiger charge is 2.17. The first-order valence-corrected chi connectivity index (χ1v) is 7.62. The summed E-state index contributed by atoms with van der Waals surface area (Å²) in [7, 11) is 0. The third kappa shape index (κ3) is 3.87. The van der Waals surface area contributed by atoms with Gasteiger partial charge < -0.3 is 19.5 Å². The average Bonchev–Trinajstić information content (AvgIpc) is 2.56. The van der Waals surface area contributed by atoms with Gasteiger partial charge in [-0.15, -0.1) is 0 Å². The molecule has 3 rings (SSSR count). The number of fused-ring (bicyclic) bond motifs is 1. The van der Waals surface area contributed by atoms with Crippen LogP contribution in [0.1, 0.15) is 6.92 Å². The Balaban J connectivity index is 1.63. The topological polar surface area (TPSA) is 56.8 Å². The number of hydrogen-bond acceptors (Lipinski definition) is 4. The molecule has 1 aliphatic heterocycles. The van der Waals surface area contributed by atoms with Gasteiger partial charge in [-0.1, -0.05) is 11.6 Å². The summed E-state index contributed by atoms with van der Waals surface area (Å²) in [4.78, 5) is 12.2. The van der Waals surface area contributed by atoms with Gasteiger partial charge in [0.1, 0.15) is 19.0 Å². The average molecular weight is 334 g/mol. The molecule has 1 amide bonds. The van der Waals surface area contributed by atoms with E-state index in [1.165, 1.54) is 0 Å². The summed E-state index contributed by atoms with van der Waals surface area (Å²) in [6.07, 6.45) is -0.649. The van der Waals surface area contributed by atoms with Crippen molar-refractivity contribution in [3.05, 3.63) is 47.5 Å². The predicted octanol–water partition coefficient (Wildman–Crippen LogP) is 3.52. The van der Waals surface area contributed by atoms with Crippen molar-refractivity contribution in [2.75, 3.05) is 18.5 Å². The van der Waals surface area contributed by atoms with Crippen LogP contribution in [0.5, 0.6) is 17.2 Å². The quantitative estimate of drug-likeness (QED) is 0.930. The number of rotatable bonds is 4. The van der Waals surface area contributed by atoms with Crippen molar-refractivity contribution < 1.29 is 19.0 Å². The number of amides is 1. The molecule has 1 N–H and O–H groups in total. The lowest BCUT2D eigenvalue weighted by atomic mass is 10.2. The molecule has 0 spiro atoms. The summed E-state index contributed by atoms with van der Waals surface area (Å²) in [5, 5.41) is 3.41. The van der Waals surface area contributed by atoms with Crippen molar-refractivity contribution in [1.82, 2.24) is 0 Å². The molecule has 0 bridgehead atoms. The summed E-state index contributed by atoms with van der Waals surface area (Å²) in [5.74, 6) is 1.64. The molecule has 5 nitrogen and oxygen atoms in total. The number of hydrogen-bond donors (Lipinski definition) is 1. The van der Waals surface area contributed by atoms with Gasteiger partial charge in [-0.2, -0.15) is 0 Å². The smallest absolute Gasteiger partial charge is 0.265 e. The monoisotopic (exact) mass is 333 g/mol. The van der Waals surface area contributed by atoms with E-state index in [1.807, 2.05) is 0 Å². The van der Waals surface area contributed by atoms with Crippen LogP contribution in [0.15, 0.2) is 42.5 Å². The molecule has 2 aromatic rings. The second-order valence-corrected chi connectivity index (χ2v) is 5.50. The number of benzene rings is 2. The van der Waals surface area contributed by atoms with E-state index in [9.17, 15) is 4.79 Å². The summed E-state index contributed by atoms with van der Waals surface area (Å²) in [6.45, 7) is 2.72. The van der Waals surface area contributed by atoms with Crippen molar-refractivity contribution in [3.8, 4) is 17.2 Å². The maximum Gasteiger partial charge on any atom is 0.265 e. The second kappa shape index (κ2) is 6.79. The van der Waals surface area contributed by atoms with Crippen molar-refractivity contribution in [2.24, 2.45) is 0 Å². The Morgan fingerprint density at radius 2 is 1.83 bits per heavy atom. The van der Waals surface area contributed by atoms with E-state index in [0.717, 1.165) is 0 Å². The van der Waals surface area contributed by atoms with Crippen LogP contribution in [0, 0.1) is 0 Å². The van der Waals surface area contributed by atoms with Crippen molar-refractivity contribution in [3.63, 3.8) is 0 Å². The lowest BCUT2D eigenvalue weighted by Gasteiger charge is -2.19. The van der Waals surface area contributed by atoms with Gasteiger partial charge in [0, 0.05) is 16.8 Å². The maximum atomic E-state index is 12.2. The van der Waals surface area contributed by atoms with Gasteiger partial charge in [-0.25, -0.2) is 0 Å². The zero-order valence-electron chi connectivity index (χ0n) is 12.5. The Morgan fingerprint density at radius 1 is 1.13 bits per heavy atom. The maximum absolute atomic E-state index is 12.2. The van der Waals surface area contributed by atoms with E-state index in [-0.39, 0.29) is 5.91 Å². The largest absolute Gasteiger partial charge is 0.486 e. The Bertz CT molecular complexity index is 702. The van der Waals surface area contributed by atoms with Gasteiger partial charge in [-0.05, 0) is 43.3 Å². The van der Waals surface area contributed by atoms with Gasteiger partial charge in [0.2, 0.25) is 0 Å². The fraction of sp³-hybridized carbons (Fsp3) is 0.235. The highest BCUT2D eigenvalue weighted by atomic mass is 35.5. The minimum Gasteiger partial charge on any atom is -0.486 e. The fourth-order valence-electron chi connectivity index (χ4n) is 2.14. The van der Waals surface area contributed by atoms with E-state index >= 15 is 0 Å². The number of halogens is 1. The zero-order chi connectivity index (χ0) is 16.2. The molecule has 0 aromatic heterocycles. The molecular weight excluding hydrogens is 318 g/mol. The molecule has 1 aliphatic rings. The van der Waals surface area contributed by atoms with Crippen molar-refractivity contribution >= 4 is 23.2 Å². The van der Waals surface area contributed by atoms with Crippen LogP contribution >= 0.6 is 11.6 Å². The Hall–Kier alpha value is -2.40. The highest BCUT2D eigenvalue weighted by Crippen LogP contribution is 2.32. The first kappa shape index (κ1) is 15.5. The number of nitrogens with one attached hydrogen (secondary N) is 1. The minimum absolute atomic E-state index is 0.253. The van der Waals surface area contributed by atoms with E-state index in [4.69, 9.17) is 25.8 Å². The molecule has 0 aliphatic carbocycles. The normalized spacial score (nSPS) is 14.0. The third-order valence-electron chi connectivity index (χ3n) is 3.31. The molecule has 0 fully saturated rings. The molecule has 2 aromatic carbocycles. The molecule has 0 radical (unpaired) electrons. The second-order valence-electron chi connectivity index (χ2n) is 5.06. The molecule has 0 saturated carbocycles. The Labute approximate surface area is 139 Å². The van der Waals surface area contributed by atoms with Crippen LogP contribution in [-0.4, -0.2) is 25.2 Å². The summed E-state index contributed by atoms with van der Waals surface area (Å²) in [5.41, 5.74) is 0.630. The lowest BCUT2D eigenvalue weighted by Crippen LogP contribution is -2.30. The van der Waals surface area contributed by atoms with E-state index in [0.29, 0.717) is 41.2 Å². The van der Waals surface area contributed by atoms with Gasteiger partial charge in [0.25, 0.3) is 5.91 Å². The van der Waals surface area contributed by atoms with E-state index in [2.05, 4.69) is 5.32 Å². The first-order chi connectivity index (χ1) is 11.1. The van der Waals surface area contributed by atoms with Crippen LogP contribution in [0.4, 0.5) is 5.69 Å². The molecule has 1 heterocycles. The van der Waals surface area contributed by atoms with Crippen molar-refractivity contribution in [2.45, 2.75) is 13.0 Å². The van der Waals surface area contributed by atoms with E-state index in [1.54, 1.807) is 49.4 Å². The first-order valence-electron chi connectivity index (χ1n) is 7.24. The van der Waals surface area contributed by atoms with E-state index < -0.39 is 6.10 Å². The third-order valence-corrected chi connectivity index (χ3v) is 3.56.